The molecule has 2 N–H and O–H groups in total. The number of urea groups is 1. The summed E-state index contributed by atoms with van der Waals surface area (Å²) in [4.78, 5) is 27.1. The molecule has 1 saturated heterocycles. The molecule has 6 nitrogen and oxygen atoms in total. The van der Waals surface area contributed by atoms with E-state index < -0.39 is 12.0 Å². The highest BCUT2D eigenvalue weighted by Crippen LogP contribution is 2.32. The zero-order chi connectivity index (χ0) is 17.8. The molecule has 134 valence electrons. The molecule has 1 fully saturated rings. The number of esters is 1. The molecule has 0 spiro atoms. The highest BCUT2D eigenvalue weighted by Gasteiger charge is 2.35. The van der Waals surface area contributed by atoms with Gasteiger partial charge in [0.15, 0.2) is 0 Å². The molecule has 2 aliphatic rings. The summed E-state index contributed by atoms with van der Waals surface area (Å²) in [6.45, 7) is 4.46. The predicted octanol–water partition coefficient (Wildman–Crippen LogP) is 2.61. The molecule has 0 radical (unpaired) electrons. The minimum atomic E-state index is -0.626. The van der Waals surface area contributed by atoms with E-state index >= 15 is 0 Å². The van der Waals surface area contributed by atoms with Gasteiger partial charge in [0.05, 0.1) is 18.2 Å². The van der Waals surface area contributed by atoms with Crippen LogP contribution in [-0.4, -0.2) is 43.1 Å². The molecular formula is C18H22ClN3O3. The maximum atomic E-state index is 12.7. The monoisotopic (exact) mass is 363 g/mol. The van der Waals surface area contributed by atoms with Crippen LogP contribution in [0.1, 0.15) is 31.4 Å². The SMILES string of the molecule is CCOC(=O)C1=C(CN2CCCC2)NC(=O)N[C@H]1c1ccccc1Cl. The summed E-state index contributed by atoms with van der Waals surface area (Å²) in [6.07, 6.45) is 2.25. The summed E-state index contributed by atoms with van der Waals surface area (Å²) in [7, 11) is 0. The van der Waals surface area contributed by atoms with Crippen molar-refractivity contribution in [2.75, 3.05) is 26.2 Å². The van der Waals surface area contributed by atoms with Crippen LogP contribution in [0.25, 0.3) is 0 Å². The third-order valence-corrected chi connectivity index (χ3v) is 4.79. The van der Waals surface area contributed by atoms with Crippen LogP contribution in [0.4, 0.5) is 4.79 Å². The maximum Gasteiger partial charge on any atom is 0.338 e. The van der Waals surface area contributed by atoms with Crippen molar-refractivity contribution in [3.63, 3.8) is 0 Å². The summed E-state index contributed by atoms with van der Waals surface area (Å²) >= 11 is 6.31. The molecule has 0 saturated carbocycles. The third-order valence-electron chi connectivity index (χ3n) is 4.45. The number of benzene rings is 1. The molecule has 2 aliphatic heterocycles. The molecule has 2 amide bonds. The van der Waals surface area contributed by atoms with E-state index in [2.05, 4.69) is 15.5 Å². The van der Waals surface area contributed by atoms with Crippen molar-refractivity contribution in [2.45, 2.75) is 25.8 Å². The molecule has 1 aromatic carbocycles. The van der Waals surface area contributed by atoms with Crippen LogP contribution in [0.3, 0.4) is 0 Å². The molecule has 1 aromatic rings. The van der Waals surface area contributed by atoms with Crippen molar-refractivity contribution in [1.29, 1.82) is 0 Å². The van der Waals surface area contributed by atoms with Gasteiger partial charge in [0.25, 0.3) is 0 Å². The van der Waals surface area contributed by atoms with E-state index in [-0.39, 0.29) is 12.6 Å². The lowest BCUT2D eigenvalue weighted by molar-refractivity contribution is -0.139. The Bertz CT molecular complexity index is 699. The number of halogens is 1. The van der Waals surface area contributed by atoms with Crippen LogP contribution < -0.4 is 10.6 Å². The van der Waals surface area contributed by atoms with E-state index in [1.165, 1.54) is 0 Å². The van der Waals surface area contributed by atoms with E-state index in [9.17, 15) is 9.59 Å². The lowest BCUT2D eigenvalue weighted by atomic mass is 9.95. The quantitative estimate of drug-likeness (QED) is 0.789. The Hall–Kier alpha value is -2.05. The largest absolute Gasteiger partial charge is 0.463 e. The van der Waals surface area contributed by atoms with E-state index in [1.807, 2.05) is 18.2 Å². The molecule has 0 unspecified atom stereocenters. The number of carbonyl (C=O) groups is 2. The molecular weight excluding hydrogens is 342 g/mol. The highest BCUT2D eigenvalue weighted by atomic mass is 35.5. The van der Waals surface area contributed by atoms with Gasteiger partial charge in [0.2, 0.25) is 0 Å². The topological polar surface area (TPSA) is 70.7 Å². The molecule has 0 bridgehead atoms. The normalized spacial score (nSPS) is 21.0. The van der Waals surface area contributed by atoms with Gasteiger partial charge in [-0.3, -0.25) is 4.90 Å². The molecule has 3 rings (SSSR count). The van der Waals surface area contributed by atoms with Crippen LogP contribution in [0.5, 0.6) is 0 Å². The standard InChI is InChI=1S/C18H22ClN3O3/c1-2-25-17(23)15-14(11-22-9-5-6-10-22)20-18(24)21-16(15)12-7-3-4-8-13(12)19/h3-4,7-8,16H,2,5-6,9-11H2,1H3,(H2,20,21,24)/t16-/m0/s1. The van der Waals surface area contributed by atoms with E-state index in [0.29, 0.717) is 28.4 Å². The van der Waals surface area contributed by atoms with E-state index in [4.69, 9.17) is 16.3 Å². The summed E-state index contributed by atoms with van der Waals surface area (Å²) in [5.74, 6) is -0.436. The zero-order valence-electron chi connectivity index (χ0n) is 14.2. The lowest BCUT2D eigenvalue weighted by Crippen LogP contribution is -2.48. The van der Waals surface area contributed by atoms with Gasteiger partial charge in [-0.2, -0.15) is 0 Å². The van der Waals surface area contributed by atoms with Crippen molar-refractivity contribution in [1.82, 2.24) is 15.5 Å². The van der Waals surface area contributed by atoms with Gasteiger partial charge in [-0.1, -0.05) is 29.8 Å². The van der Waals surface area contributed by atoms with Crippen LogP contribution in [0.15, 0.2) is 35.5 Å². The van der Waals surface area contributed by atoms with Crippen molar-refractivity contribution in [3.05, 3.63) is 46.1 Å². The summed E-state index contributed by atoms with van der Waals surface area (Å²) in [6, 6.07) is 6.23. The number of nitrogens with zero attached hydrogens (tertiary/aromatic N) is 1. The van der Waals surface area contributed by atoms with Crippen molar-refractivity contribution in [3.8, 4) is 0 Å². The molecule has 2 heterocycles. The summed E-state index contributed by atoms with van der Waals surface area (Å²) in [5.41, 5.74) is 1.69. The number of nitrogens with one attached hydrogen (secondary N) is 2. The number of hydrogen-bond acceptors (Lipinski definition) is 4. The smallest absolute Gasteiger partial charge is 0.338 e. The van der Waals surface area contributed by atoms with Crippen LogP contribution >= 0.6 is 11.6 Å². The first-order valence-electron chi connectivity index (χ1n) is 8.54. The molecule has 1 atom stereocenters. The Morgan fingerprint density at radius 2 is 2.04 bits per heavy atom. The van der Waals surface area contributed by atoms with Crippen LogP contribution in [0.2, 0.25) is 5.02 Å². The van der Waals surface area contributed by atoms with Crippen LogP contribution in [-0.2, 0) is 9.53 Å². The molecule has 25 heavy (non-hydrogen) atoms. The Kier molecular flexibility index (Phi) is 5.60. The van der Waals surface area contributed by atoms with Crippen LogP contribution in [0, 0.1) is 0 Å². The first-order chi connectivity index (χ1) is 12.1. The minimum absolute atomic E-state index is 0.266. The third kappa shape index (κ3) is 3.96. The number of amides is 2. The van der Waals surface area contributed by atoms with Gasteiger partial charge in [-0.15, -0.1) is 0 Å². The Morgan fingerprint density at radius 1 is 1.32 bits per heavy atom. The fourth-order valence-corrected chi connectivity index (χ4v) is 3.54. The zero-order valence-corrected chi connectivity index (χ0v) is 14.9. The fraction of sp³-hybridized carbons (Fsp3) is 0.444. The van der Waals surface area contributed by atoms with Gasteiger partial charge in [0, 0.05) is 17.3 Å². The van der Waals surface area contributed by atoms with E-state index in [1.54, 1.807) is 13.0 Å². The Balaban J connectivity index is 2.02. The van der Waals surface area contributed by atoms with Gasteiger partial charge < -0.3 is 15.4 Å². The van der Waals surface area contributed by atoms with Crippen molar-refractivity contribution >= 4 is 23.6 Å². The van der Waals surface area contributed by atoms with Crippen molar-refractivity contribution < 1.29 is 14.3 Å². The second-order valence-electron chi connectivity index (χ2n) is 6.15. The van der Waals surface area contributed by atoms with Crippen molar-refractivity contribution in [2.24, 2.45) is 0 Å². The predicted molar refractivity (Wildman–Crippen MR) is 95.2 cm³/mol. The minimum Gasteiger partial charge on any atom is -0.463 e. The maximum absolute atomic E-state index is 12.7. The number of likely N-dealkylation sites (tertiary alicyclic amines) is 1. The fourth-order valence-electron chi connectivity index (χ4n) is 3.30. The van der Waals surface area contributed by atoms with Gasteiger partial charge in [0.1, 0.15) is 0 Å². The van der Waals surface area contributed by atoms with E-state index in [0.717, 1.165) is 25.9 Å². The number of carbonyl (C=O) groups excluding carboxylic acids is 2. The lowest BCUT2D eigenvalue weighted by Gasteiger charge is -2.31. The van der Waals surface area contributed by atoms with Gasteiger partial charge in [-0.25, -0.2) is 9.59 Å². The highest BCUT2D eigenvalue weighted by molar-refractivity contribution is 6.31. The Labute approximate surface area is 152 Å². The average molecular weight is 364 g/mol. The van der Waals surface area contributed by atoms with Gasteiger partial charge >= 0.3 is 12.0 Å². The first kappa shape index (κ1) is 17.8. The molecule has 7 heteroatoms. The average Bonchev–Trinajstić information content (AvgIpc) is 3.08. The second-order valence-corrected chi connectivity index (χ2v) is 6.56. The summed E-state index contributed by atoms with van der Waals surface area (Å²) < 4.78 is 5.25. The molecule has 0 aromatic heterocycles. The number of hydrogen-bond donors (Lipinski definition) is 2. The number of rotatable bonds is 5. The van der Waals surface area contributed by atoms with Gasteiger partial charge in [-0.05, 0) is 44.5 Å². The first-order valence-corrected chi connectivity index (χ1v) is 8.92. The number of ether oxygens (including phenoxy) is 1. The summed E-state index contributed by atoms with van der Waals surface area (Å²) in [5, 5.41) is 6.10. The molecule has 0 aliphatic carbocycles. The Morgan fingerprint density at radius 3 is 2.72 bits per heavy atom. The second kappa shape index (κ2) is 7.89.